The molecule has 0 saturated heterocycles. The monoisotopic (exact) mass is 377 g/mol. The molecule has 2 rings (SSSR count). The molecule has 0 fully saturated rings. The summed E-state index contributed by atoms with van der Waals surface area (Å²) in [6.07, 6.45) is 1.07. The lowest BCUT2D eigenvalue weighted by Crippen LogP contribution is -2.38. The molecule has 2 aromatic rings. The van der Waals surface area contributed by atoms with E-state index in [0.29, 0.717) is 21.8 Å². The van der Waals surface area contributed by atoms with E-state index in [4.69, 9.17) is 16.9 Å². The van der Waals surface area contributed by atoms with Gasteiger partial charge in [-0.1, -0.05) is 23.7 Å². The molecule has 130 valence electrons. The van der Waals surface area contributed by atoms with Crippen molar-refractivity contribution in [2.24, 2.45) is 0 Å². The Labute approximate surface area is 151 Å². The summed E-state index contributed by atoms with van der Waals surface area (Å²) in [6, 6.07) is 14.7. The first-order valence-corrected chi connectivity index (χ1v) is 9.55. The number of halogens is 1. The Morgan fingerprint density at radius 1 is 1.24 bits per heavy atom. The highest BCUT2D eigenvalue weighted by atomic mass is 35.5. The van der Waals surface area contributed by atoms with E-state index in [1.165, 1.54) is 12.1 Å². The van der Waals surface area contributed by atoms with E-state index in [-0.39, 0.29) is 19.0 Å². The van der Waals surface area contributed by atoms with Crippen LogP contribution in [0, 0.1) is 11.3 Å². The van der Waals surface area contributed by atoms with Crippen molar-refractivity contribution in [3.63, 3.8) is 0 Å². The normalized spacial score (nSPS) is 10.8. The first-order valence-electron chi connectivity index (χ1n) is 7.33. The zero-order valence-corrected chi connectivity index (χ0v) is 15.0. The zero-order chi connectivity index (χ0) is 18.4. The lowest BCUT2D eigenvalue weighted by molar-refractivity contribution is 0.0955. The van der Waals surface area contributed by atoms with Crippen molar-refractivity contribution in [2.75, 3.05) is 23.7 Å². The van der Waals surface area contributed by atoms with E-state index < -0.39 is 10.0 Å². The van der Waals surface area contributed by atoms with E-state index in [1.54, 1.807) is 36.4 Å². The fourth-order valence-electron chi connectivity index (χ4n) is 2.22. The maximum absolute atomic E-state index is 12.1. The van der Waals surface area contributed by atoms with Gasteiger partial charge >= 0.3 is 0 Å². The molecule has 0 heterocycles. The number of nitrogens with one attached hydrogen (secondary N) is 1. The molecule has 25 heavy (non-hydrogen) atoms. The fraction of sp³-hybridized carbons (Fsp3) is 0.176. The summed E-state index contributed by atoms with van der Waals surface area (Å²) in [4.78, 5) is 12.1. The quantitative estimate of drug-likeness (QED) is 0.836. The summed E-state index contributed by atoms with van der Waals surface area (Å²) in [6.45, 7) is 0.148. The molecule has 0 unspecified atom stereocenters. The van der Waals surface area contributed by atoms with Crippen LogP contribution in [0.15, 0.2) is 48.5 Å². The second kappa shape index (κ2) is 8.01. The van der Waals surface area contributed by atoms with Crippen molar-refractivity contribution >= 4 is 33.2 Å². The Morgan fingerprint density at radius 2 is 1.96 bits per heavy atom. The van der Waals surface area contributed by atoms with Gasteiger partial charge in [-0.15, -0.1) is 0 Å². The Hall–Kier alpha value is -2.56. The summed E-state index contributed by atoms with van der Waals surface area (Å²) in [5, 5.41) is 12.1. The first kappa shape index (κ1) is 18.8. The second-order valence-electron chi connectivity index (χ2n) is 5.26. The lowest BCUT2D eigenvalue weighted by atomic mass is 10.2. The number of amides is 1. The van der Waals surface area contributed by atoms with Crippen LogP contribution in [-0.4, -0.2) is 33.7 Å². The van der Waals surface area contributed by atoms with Gasteiger partial charge in [0.1, 0.15) is 0 Å². The topological polar surface area (TPSA) is 90.3 Å². The van der Waals surface area contributed by atoms with Crippen molar-refractivity contribution in [3.8, 4) is 6.07 Å². The number of sulfonamides is 1. The molecule has 0 radical (unpaired) electrons. The molecule has 2 aromatic carbocycles. The number of carbonyl (C=O) groups excluding carboxylic acids is 1. The Bertz CT molecular complexity index is 923. The number of nitrogens with zero attached hydrogens (tertiary/aromatic N) is 2. The largest absolute Gasteiger partial charge is 0.350 e. The molecule has 1 N–H and O–H groups in total. The lowest BCUT2D eigenvalue weighted by Gasteiger charge is -2.22. The summed E-state index contributed by atoms with van der Waals surface area (Å²) in [7, 11) is -3.56. The number of benzene rings is 2. The molecular weight excluding hydrogens is 362 g/mol. The van der Waals surface area contributed by atoms with E-state index >= 15 is 0 Å². The van der Waals surface area contributed by atoms with Gasteiger partial charge in [0, 0.05) is 17.1 Å². The van der Waals surface area contributed by atoms with Gasteiger partial charge < -0.3 is 5.32 Å². The Balaban J connectivity index is 2.09. The molecule has 0 spiro atoms. The molecule has 0 aliphatic carbocycles. The molecule has 0 atom stereocenters. The van der Waals surface area contributed by atoms with Crippen molar-refractivity contribution in [3.05, 3.63) is 64.7 Å². The summed E-state index contributed by atoms with van der Waals surface area (Å²) >= 11 is 5.85. The number of nitriles is 1. The summed E-state index contributed by atoms with van der Waals surface area (Å²) in [5.41, 5.74) is 1.12. The minimum atomic E-state index is -3.56. The van der Waals surface area contributed by atoms with Crippen LogP contribution in [0.25, 0.3) is 0 Å². The van der Waals surface area contributed by atoms with Gasteiger partial charge in [-0.3, -0.25) is 9.10 Å². The molecule has 6 nitrogen and oxygen atoms in total. The van der Waals surface area contributed by atoms with Crippen LogP contribution in [-0.2, 0) is 10.0 Å². The molecule has 8 heteroatoms. The predicted molar refractivity (Wildman–Crippen MR) is 97.1 cm³/mol. The second-order valence-corrected chi connectivity index (χ2v) is 7.61. The minimum absolute atomic E-state index is 0.0417. The van der Waals surface area contributed by atoms with Gasteiger partial charge in [0.25, 0.3) is 5.91 Å². The zero-order valence-electron chi connectivity index (χ0n) is 13.4. The van der Waals surface area contributed by atoms with Gasteiger partial charge in [0.15, 0.2) is 0 Å². The molecular formula is C17H16ClN3O3S. The standard InChI is InChI=1S/C17H16ClN3O3S/c1-25(23,24)21(16-7-2-4-13(10-16)12-19)9-8-20-17(22)14-5-3-6-15(18)11-14/h2-7,10-11H,8-9H2,1H3,(H,20,22). The number of hydrogen-bond acceptors (Lipinski definition) is 4. The van der Waals surface area contributed by atoms with Crippen molar-refractivity contribution in [1.82, 2.24) is 5.32 Å². The molecule has 0 saturated carbocycles. The molecule has 0 aliphatic rings. The summed E-state index contributed by atoms with van der Waals surface area (Å²) in [5.74, 6) is -0.346. The van der Waals surface area contributed by atoms with Crippen LogP contribution >= 0.6 is 11.6 Å². The Morgan fingerprint density at radius 3 is 2.60 bits per heavy atom. The van der Waals surface area contributed by atoms with Crippen molar-refractivity contribution in [2.45, 2.75) is 0 Å². The average molecular weight is 378 g/mol. The smallest absolute Gasteiger partial charge is 0.251 e. The predicted octanol–water partition coefficient (Wildman–Crippen LogP) is 2.41. The van der Waals surface area contributed by atoms with Crippen LogP contribution in [0.5, 0.6) is 0 Å². The van der Waals surface area contributed by atoms with Crippen molar-refractivity contribution < 1.29 is 13.2 Å². The van der Waals surface area contributed by atoms with E-state index in [2.05, 4.69) is 5.32 Å². The highest BCUT2D eigenvalue weighted by molar-refractivity contribution is 7.92. The average Bonchev–Trinajstić information content (AvgIpc) is 2.57. The van der Waals surface area contributed by atoms with Gasteiger partial charge in [-0.05, 0) is 36.4 Å². The van der Waals surface area contributed by atoms with E-state index in [1.807, 2.05) is 6.07 Å². The third-order valence-corrected chi connectivity index (χ3v) is 4.78. The maximum Gasteiger partial charge on any atom is 0.251 e. The van der Waals surface area contributed by atoms with E-state index in [9.17, 15) is 13.2 Å². The molecule has 0 bridgehead atoms. The van der Waals surface area contributed by atoms with Crippen LogP contribution in [0.1, 0.15) is 15.9 Å². The third kappa shape index (κ3) is 5.21. The fourth-order valence-corrected chi connectivity index (χ4v) is 3.33. The number of carbonyl (C=O) groups is 1. The maximum atomic E-state index is 12.1. The first-order chi connectivity index (χ1) is 11.8. The molecule has 1 amide bonds. The van der Waals surface area contributed by atoms with Gasteiger partial charge in [0.05, 0.1) is 30.1 Å². The number of hydrogen-bond donors (Lipinski definition) is 1. The Kier molecular flexibility index (Phi) is 6.02. The van der Waals surface area contributed by atoms with Crippen LogP contribution in [0.3, 0.4) is 0 Å². The number of anilines is 1. The highest BCUT2D eigenvalue weighted by Crippen LogP contribution is 2.18. The van der Waals surface area contributed by atoms with Gasteiger partial charge in [-0.25, -0.2) is 8.42 Å². The SMILES string of the molecule is CS(=O)(=O)N(CCNC(=O)c1cccc(Cl)c1)c1cccc(C#N)c1. The highest BCUT2D eigenvalue weighted by Gasteiger charge is 2.18. The molecule has 0 aromatic heterocycles. The van der Waals surface area contributed by atoms with Crippen molar-refractivity contribution in [1.29, 1.82) is 5.26 Å². The minimum Gasteiger partial charge on any atom is -0.350 e. The van der Waals surface area contributed by atoms with Gasteiger partial charge in [-0.2, -0.15) is 5.26 Å². The third-order valence-electron chi connectivity index (χ3n) is 3.35. The van der Waals surface area contributed by atoms with Crippen LogP contribution < -0.4 is 9.62 Å². The molecule has 0 aliphatic heterocycles. The number of rotatable bonds is 6. The van der Waals surface area contributed by atoms with Gasteiger partial charge in [0.2, 0.25) is 10.0 Å². The summed E-state index contributed by atoms with van der Waals surface area (Å²) < 4.78 is 25.2. The van der Waals surface area contributed by atoms with Crippen LogP contribution in [0.2, 0.25) is 5.02 Å². The van der Waals surface area contributed by atoms with E-state index in [0.717, 1.165) is 10.6 Å². The van der Waals surface area contributed by atoms with Crippen LogP contribution in [0.4, 0.5) is 5.69 Å².